The van der Waals surface area contributed by atoms with Crippen molar-refractivity contribution in [2.75, 3.05) is 0 Å². The lowest BCUT2D eigenvalue weighted by molar-refractivity contribution is -0.189. The van der Waals surface area contributed by atoms with E-state index in [2.05, 4.69) is 14.9 Å². The number of rotatable bonds is 3. The summed E-state index contributed by atoms with van der Waals surface area (Å²) in [5.41, 5.74) is 5.53. The van der Waals surface area contributed by atoms with Crippen molar-refractivity contribution in [2.24, 2.45) is 10.9 Å². The molecule has 1 rings (SSSR count). The number of ether oxygens (including phenoxy) is 1. The minimum absolute atomic E-state index is 0.187. The molecule has 0 spiro atoms. The van der Waals surface area contributed by atoms with Gasteiger partial charge in [0, 0.05) is 17.8 Å². The SMILES string of the molecule is CC(Oc1ccc(C(N)=NO)cn1)C(F)(F)F. The van der Waals surface area contributed by atoms with E-state index in [1.165, 1.54) is 12.1 Å². The summed E-state index contributed by atoms with van der Waals surface area (Å²) in [6.07, 6.45) is -5.26. The molecule has 0 saturated carbocycles. The first kappa shape index (κ1) is 13.1. The number of nitrogens with zero attached hydrogens (tertiary/aromatic N) is 2. The van der Waals surface area contributed by atoms with Gasteiger partial charge in [-0.2, -0.15) is 13.2 Å². The second-order valence-electron chi connectivity index (χ2n) is 3.17. The van der Waals surface area contributed by atoms with Crippen molar-refractivity contribution in [3.63, 3.8) is 0 Å². The normalized spacial score (nSPS) is 14.5. The lowest BCUT2D eigenvalue weighted by atomic mass is 10.3. The summed E-state index contributed by atoms with van der Waals surface area (Å²) in [7, 11) is 0. The van der Waals surface area contributed by atoms with E-state index in [1.54, 1.807) is 0 Å². The van der Waals surface area contributed by atoms with Crippen LogP contribution in [0, 0.1) is 0 Å². The van der Waals surface area contributed by atoms with Gasteiger partial charge in [-0.15, -0.1) is 0 Å². The predicted molar refractivity (Wildman–Crippen MR) is 52.9 cm³/mol. The zero-order chi connectivity index (χ0) is 13.1. The molecule has 0 aliphatic rings. The Bertz CT molecular complexity index is 403. The summed E-state index contributed by atoms with van der Waals surface area (Å²) >= 11 is 0. The third-order valence-electron chi connectivity index (χ3n) is 1.90. The predicted octanol–water partition coefficient (Wildman–Crippen LogP) is 1.51. The highest BCUT2D eigenvalue weighted by molar-refractivity contribution is 5.96. The molecule has 0 radical (unpaired) electrons. The zero-order valence-electron chi connectivity index (χ0n) is 8.77. The molecule has 5 nitrogen and oxygen atoms in total. The lowest BCUT2D eigenvalue weighted by Gasteiger charge is -2.16. The molecule has 0 aliphatic heterocycles. The van der Waals surface area contributed by atoms with Gasteiger partial charge >= 0.3 is 6.18 Å². The van der Waals surface area contributed by atoms with Crippen molar-refractivity contribution in [1.82, 2.24) is 4.98 Å². The average Bonchev–Trinajstić information content (AvgIpc) is 2.27. The Morgan fingerprint density at radius 3 is 2.59 bits per heavy atom. The van der Waals surface area contributed by atoms with Crippen LogP contribution in [0.3, 0.4) is 0 Å². The molecular weight excluding hydrogens is 239 g/mol. The molecular formula is C9H10F3N3O2. The maximum absolute atomic E-state index is 12.2. The molecule has 0 aliphatic carbocycles. The summed E-state index contributed by atoms with van der Waals surface area (Å²) in [6.45, 7) is 0.874. The smallest absolute Gasteiger partial charge is 0.425 e. The van der Waals surface area contributed by atoms with Crippen molar-refractivity contribution in [3.05, 3.63) is 23.9 Å². The summed E-state index contributed by atoms with van der Waals surface area (Å²) in [5, 5.41) is 11.1. The van der Waals surface area contributed by atoms with E-state index >= 15 is 0 Å². The Morgan fingerprint density at radius 1 is 1.53 bits per heavy atom. The minimum Gasteiger partial charge on any atom is -0.465 e. The monoisotopic (exact) mass is 249 g/mol. The fraction of sp³-hybridized carbons (Fsp3) is 0.333. The van der Waals surface area contributed by atoms with Crippen LogP contribution >= 0.6 is 0 Å². The number of halogens is 3. The van der Waals surface area contributed by atoms with Crippen LogP contribution in [0.15, 0.2) is 23.5 Å². The van der Waals surface area contributed by atoms with E-state index in [1.807, 2.05) is 0 Å². The molecule has 17 heavy (non-hydrogen) atoms. The first-order valence-corrected chi connectivity index (χ1v) is 4.52. The Kier molecular flexibility index (Phi) is 3.77. The van der Waals surface area contributed by atoms with Crippen LogP contribution in [0.1, 0.15) is 12.5 Å². The van der Waals surface area contributed by atoms with Gasteiger partial charge in [-0.05, 0) is 13.0 Å². The van der Waals surface area contributed by atoms with E-state index < -0.39 is 12.3 Å². The maximum Gasteiger partial charge on any atom is 0.425 e. The van der Waals surface area contributed by atoms with Gasteiger partial charge in [-0.1, -0.05) is 5.16 Å². The zero-order valence-corrected chi connectivity index (χ0v) is 8.77. The Hall–Kier alpha value is -1.99. The van der Waals surface area contributed by atoms with Crippen LogP contribution in [-0.2, 0) is 0 Å². The number of aromatic nitrogens is 1. The minimum atomic E-state index is -4.45. The van der Waals surface area contributed by atoms with Gasteiger partial charge in [0.05, 0.1) is 0 Å². The molecule has 0 amide bonds. The number of pyridine rings is 1. The van der Waals surface area contributed by atoms with E-state index in [0.29, 0.717) is 0 Å². The summed E-state index contributed by atoms with van der Waals surface area (Å²) in [5.74, 6) is -0.378. The Morgan fingerprint density at radius 2 is 2.18 bits per heavy atom. The number of amidine groups is 1. The van der Waals surface area contributed by atoms with E-state index in [4.69, 9.17) is 10.9 Å². The molecule has 8 heteroatoms. The Balaban J connectivity index is 2.76. The molecule has 0 fully saturated rings. The Labute approximate surface area is 94.7 Å². The van der Waals surface area contributed by atoms with Crippen LogP contribution in [0.5, 0.6) is 5.88 Å². The van der Waals surface area contributed by atoms with E-state index in [9.17, 15) is 13.2 Å². The van der Waals surface area contributed by atoms with Gasteiger partial charge in [0.2, 0.25) is 5.88 Å². The molecule has 1 heterocycles. The van der Waals surface area contributed by atoms with E-state index in [0.717, 1.165) is 13.1 Å². The molecule has 3 N–H and O–H groups in total. The van der Waals surface area contributed by atoms with Crippen LogP contribution in [0.2, 0.25) is 0 Å². The molecule has 1 unspecified atom stereocenters. The fourth-order valence-electron chi connectivity index (χ4n) is 0.907. The quantitative estimate of drug-likeness (QED) is 0.368. The first-order chi connectivity index (χ1) is 7.84. The van der Waals surface area contributed by atoms with Gasteiger partial charge in [0.1, 0.15) is 0 Å². The van der Waals surface area contributed by atoms with Gasteiger partial charge in [0.15, 0.2) is 11.9 Å². The lowest BCUT2D eigenvalue weighted by Crippen LogP contribution is -2.31. The van der Waals surface area contributed by atoms with Crippen LogP contribution in [0.4, 0.5) is 13.2 Å². The summed E-state index contributed by atoms with van der Waals surface area (Å²) in [6, 6.07) is 2.54. The van der Waals surface area contributed by atoms with Crippen LogP contribution in [-0.4, -0.2) is 28.3 Å². The average molecular weight is 249 g/mol. The molecule has 94 valence electrons. The molecule has 0 aromatic carbocycles. The molecule has 1 aromatic heterocycles. The van der Waals surface area contributed by atoms with Gasteiger partial charge in [-0.25, -0.2) is 4.98 Å². The number of nitrogens with two attached hydrogens (primary N) is 1. The van der Waals surface area contributed by atoms with E-state index in [-0.39, 0.29) is 17.3 Å². The molecule has 1 aromatic rings. The third kappa shape index (κ3) is 3.51. The van der Waals surface area contributed by atoms with Gasteiger partial charge in [-0.3, -0.25) is 0 Å². The van der Waals surface area contributed by atoms with Crippen molar-refractivity contribution in [3.8, 4) is 5.88 Å². The van der Waals surface area contributed by atoms with Gasteiger partial charge in [0.25, 0.3) is 0 Å². The first-order valence-electron chi connectivity index (χ1n) is 4.52. The summed E-state index contributed by atoms with van der Waals surface area (Å²) < 4.78 is 41.1. The number of oxime groups is 1. The largest absolute Gasteiger partial charge is 0.465 e. The molecule has 1 atom stereocenters. The maximum atomic E-state index is 12.2. The van der Waals surface area contributed by atoms with Crippen LogP contribution < -0.4 is 10.5 Å². The highest BCUT2D eigenvalue weighted by Crippen LogP contribution is 2.23. The number of hydrogen-bond donors (Lipinski definition) is 2. The van der Waals surface area contributed by atoms with Gasteiger partial charge < -0.3 is 15.7 Å². The van der Waals surface area contributed by atoms with Crippen molar-refractivity contribution < 1.29 is 23.1 Å². The topological polar surface area (TPSA) is 80.7 Å². The highest BCUT2D eigenvalue weighted by atomic mass is 19.4. The van der Waals surface area contributed by atoms with Crippen molar-refractivity contribution in [1.29, 1.82) is 0 Å². The molecule has 0 bridgehead atoms. The van der Waals surface area contributed by atoms with Crippen molar-refractivity contribution in [2.45, 2.75) is 19.2 Å². The van der Waals surface area contributed by atoms with Crippen LogP contribution in [0.25, 0.3) is 0 Å². The molecule has 0 saturated heterocycles. The number of alkyl halides is 3. The van der Waals surface area contributed by atoms with Crippen molar-refractivity contribution >= 4 is 5.84 Å². The standard InChI is InChI=1S/C9H10F3N3O2/c1-5(9(10,11)12)17-7-3-2-6(4-14-7)8(13)15-16/h2-5,16H,1H3,(H2,13,15). The number of hydrogen-bond acceptors (Lipinski definition) is 4. The fourth-order valence-corrected chi connectivity index (χ4v) is 0.907. The highest BCUT2D eigenvalue weighted by Gasteiger charge is 2.38. The summed E-state index contributed by atoms with van der Waals surface area (Å²) in [4.78, 5) is 3.61. The third-order valence-corrected chi connectivity index (χ3v) is 1.90. The second kappa shape index (κ2) is 4.89. The second-order valence-corrected chi connectivity index (χ2v) is 3.17.